The highest BCUT2D eigenvalue weighted by Gasteiger charge is 2.06. The van der Waals surface area contributed by atoms with E-state index in [1.54, 1.807) is 37.4 Å². The van der Waals surface area contributed by atoms with Gasteiger partial charge in [-0.1, -0.05) is 41.4 Å². The molecule has 0 aliphatic rings. The zero-order valence-electron chi connectivity index (χ0n) is 11.3. The van der Waals surface area contributed by atoms with Crippen LogP contribution in [0.1, 0.15) is 5.56 Å². The maximum Gasteiger partial charge on any atom is 0.319 e. The summed E-state index contributed by atoms with van der Waals surface area (Å²) in [4.78, 5) is 11.9. The third-order valence-corrected chi connectivity index (χ3v) is 3.53. The minimum Gasteiger partial charge on any atom is -0.495 e. The van der Waals surface area contributed by atoms with E-state index in [9.17, 15) is 4.79 Å². The summed E-state index contributed by atoms with van der Waals surface area (Å²) in [5, 5.41) is 6.41. The van der Waals surface area contributed by atoms with Crippen LogP contribution in [0.4, 0.5) is 10.5 Å². The zero-order chi connectivity index (χ0) is 15.2. The Morgan fingerprint density at radius 3 is 2.62 bits per heavy atom. The van der Waals surface area contributed by atoms with Crippen molar-refractivity contribution in [2.24, 2.45) is 0 Å². The number of rotatable bonds is 4. The number of amides is 2. The number of anilines is 1. The second-order valence-electron chi connectivity index (χ2n) is 4.26. The van der Waals surface area contributed by atoms with Crippen molar-refractivity contribution in [3.8, 4) is 5.75 Å². The molecule has 0 bridgehead atoms. The molecule has 4 nitrogen and oxygen atoms in total. The van der Waals surface area contributed by atoms with Crippen LogP contribution in [0.25, 0.3) is 0 Å². The van der Waals surface area contributed by atoms with Crippen molar-refractivity contribution in [1.29, 1.82) is 0 Å². The van der Waals surface area contributed by atoms with Gasteiger partial charge in [0, 0.05) is 6.54 Å². The van der Waals surface area contributed by atoms with Crippen LogP contribution in [0.2, 0.25) is 10.0 Å². The lowest BCUT2D eigenvalue weighted by Crippen LogP contribution is -2.28. The summed E-state index contributed by atoms with van der Waals surface area (Å²) in [5.74, 6) is 0.599. The average Bonchev–Trinajstić information content (AvgIpc) is 2.49. The molecule has 0 aliphatic heterocycles. The number of carbonyl (C=O) groups excluding carboxylic acids is 1. The Morgan fingerprint density at radius 1 is 1.14 bits per heavy atom. The molecule has 0 radical (unpaired) electrons. The van der Waals surface area contributed by atoms with Gasteiger partial charge in [-0.05, 0) is 29.8 Å². The Kier molecular flexibility index (Phi) is 5.31. The van der Waals surface area contributed by atoms with Crippen molar-refractivity contribution in [3.05, 3.63) is 58.1 Å². The lowest BCUT2D eigenvalue weighted by molar-refractivity contribution is 0.251. The predicted molar refractivity (Wildman–Crippen MR) is 85.3 cm³/mol. The van der Waals surface area contributed by atoms with Crippen molar-refractivity contribution in [2.45, 2.75) is 6.54 Å². The lowest BCUT2D eigenvalue weighted by Gasteiger charge is -2.11. The fourth-order valence-electron chi connectivity index (χ4n) is 1.75. The molecule has 0 aliphatic carbocycles. The molecule has 2 aromatic carbocycles. The third-order valence-electron chi connectivity index (χ3n) is 2.79. The summed E-state index contributed by atoms with van der Waals surface area (Å²) >= 11 is 11.8. The molecule has 0 unspecified atom stereocenters. The number of hydrogen-bond acceptors (Lipinski definition) is 2. The van der Waals surface area contributed by atoms with Gasteiger partial charge >= 0.3 is 6.03 Å². The molecule has 2 aromatic rings. The second kappa shape index (κ2) is 7.20. The maximum atomic E-state index is 11.9. The standard InChI is InChI=1S/C15H14Cl2N2O2/c1-21-14-5-3-2-4-13(14)19-15(20)18-9-10-6-7-11(16)12(17)8-10/h2-8H,9H2,1H3,(H2,18,19,20). The number of para-hydroxylation sites is 2. The highest BCUT2D eigenvalue weighted by Crippen LogP contribution is 2.23. The van der Waals surface area contributed by atoms with E-state index >= 15 is 0 Å². The number of halogens is 2. The molecule has 2 N–H and O–H groups in total. The van der Waals surface area contributed by atoms with E-state index in [1.807, 2.05) is 12.1 Å². The minimum absolute atomic E-state index is 0.328. The van der Waals surface area contributed by atoms with Gasteiger partial charge in [0.15, 0.2) is 0 Å². The number of nitrogens with one attached hydrogen (secondary N) is 2. The molecule has 0 saturated carbocycles. The van der Waals surface area contributed by atoms with Gasteiger partial charge in [-0.15, -0.1) is 0 Å². The first-order valence-corrected chi connectivity index (χ1v) is 6.97. The fraction of sp³-hybridized carbons (Fsp3) is 0.133. The molecular formula is C15H14Cl2N2O2. The Labute approximate surface area is 133 Å². The quantitative estimate of drug-likeness (QED) is 0.879. The molecule has 0 atom stereocenters. The number of benzene rings is 2. The molecule has 0 heterocycles. The smallest absolute Gasteiger partial charge is 0.319 e. The maximum absolute atomic E-state index is 11.9. The summed E-state index contributed by atoms with van der Waals surface area (Å²) in [7, 11) is 1.55. The van der Waals surface area contributed by atoms with Crippen molar-refractivity contribution >= 4 is 34.9 Å². The summed E-state index contributed by atoms with van der Waals surface area (Å²) in [6, 6.07) is 12.1. The van der Waals surface area contributed by atoms with Gasteiger partial charge in [0.2, 0.25) is 0 Å². The molecule has 21 heavy (non-hydrogen) atoms. The highest BCUT2D eigenvalue weighted by molar-refractivity contribution is 6.42. The molecule has 0 saturated heterocycles. The van der Waals surface area contributed by atoms with Gasteiger partial charge in [-0.3, -0.25) is 0 Å². The molecule has 6 heteroatoms. The Balaban J connectivity index is 1.94. The van der Waals surface area contributed by atoms with Crippen LogP contribution >= 0.6 is 23.2 Å². The van der Waals surface area contributed by atoms with Crippen LogP contribution < -0.4 is 15.4 Å². The first-order valence-electron chi connectivity index (χ1n) is 6.22. The van der Waals surface area contributed by atoms with Crippen molar-refractivity contribution < 1.29 is 9.53 Å². The van der Waals surface area contributed by atoms with Crippen LogP contribution in [0.3, 0.4) is 0 Å². The monoisotopic (exact) mass is 324 g/mol. The largest absolute Gasteiger partial charge is 0.495 e. The molecule has 0 aromatic heterocycles. The summed E-state index contributed by atoms with van der Waals surface area (Å²) in [6.45, 7) is 0.345. The number of hydrogen-bond donors (Lipinski definition) is 2. The number of carbonyl (C=O) groups is 1. The normalized spacial score (nSPS) is 10.0. The SMILES string of the molecule is COc1ccccc1NC(=O)NCc1ccc(Cl)c(Cl)c1. The van der Waals surface area contributed by atoms with Crippen molar-refractivity contribution in [1.82, 2.24) is 5.32 Å². The van der Waals surface area contributed by atoms with E-state index in [4.69, 9.17) is 27.9 Å². The first-order chi connectivity index (χ1) is 10.1. The highest BCUT2D eigenvalue weighted by atomic mass is 35.5. The summed E-state index contributed by atoms with van der Waals surface area (Å²) < 4.78 is 5.16. The molecule has 2 rings (SSSR count). The number of urea groups is 1. The first kappa shape index (κ1) is 15.5. The van der Waals surface area contributed by atoms with Gasteiger partial charge in [-0.25, -0.2) is 4.79 Å². The lowest BCUT2D eigenvalue weighted by atomic mass is 10.2. The van der Waals surface area contributed by atoms with Crippen LogP contribution in [-0.4, -0.2) is 13.1 Å². The summed E-state index contributed by atoms with van der Waals surface area (Å²) in [6.07, 6.45) is 0. The second-order valence-corrected chi connectivity index (χ2v) is 5.07. The van der Waals surface area contributed by atoms with Gasteiger partial charge in [-0.2, -0.15) is 0 Å². The van der Waals surface area contributed by atoms with E-state index in [-0.39, 0.29) is 6.03 Å². The van der Waals surface area contributed by atoms with Crippen molar-refractivity contribution in [2.75, 3.05) is 12.4 Å². The molecular weight excluding hydrogens is 311 g/mol. The molecule has 2 amide bonds. The Bertz CT molecular complexity index is 647. The predicted octanol–water partition coefficient (Wildman–Crippen LogP) is 4.32. The van der Waals surface area contributed by atoms with E-state index in [2.05, 4.69) is 10.6 Å². The molecule has 110 valence electrons. The van der Waals surface area contributed by atoms with E-state index in [0.717, 1.165) is 5.56 Å². The van der Waals surface area contributed by atoms with Gasteiger partial charge < -0.3 is 15.4 Å². The van der Waals surface area contributed by atoms with Crippen LogP contribution in [0.15, 0.2) is 42.5 Å². The van der Waals surface area contributed by atoms with E-state index in [0.29, 0.717) is 28.0 Å². The molecule has 0 spiro atoms. The van der Waals surface area contributed by atoms with Crippen molar-refractivity contribution in [3.63, 3.8) is 0 Å². The van der Waals surface area contributed by atoms with Gasteiger partial charge in [0.25, 0.3) is 0 Å². The van der Waals surface area contributed by atoms with Crippen LogP contribution in [0, 0.1) is 0 Å². The van der Waals surface area contributed by atoms with E-state index in [1.165, 1.54) is 0 Å². The Morgan fingerprint density at radius 2 is 1.90 bits per heavy atom. The zero-order valence-corrected chi connectivity index (χ0v) is 12.8. The molecule has 0 fully saturated rings. The summed E-state index contributed by atoms with van der Waals surface area (Å²) in [5.41, 5.74) is 1.46. The average molecular weight is 325 g/mol. The van der Waals surface area contributed by atoms with Gasteiger partial charge in [0.1, 0.15) is 5.75 Å². The third kappa shape index (κ3) is 4.28. The topological polar surface area (TPSA) is 50.4 Å². The Hall–Kier alpha value is -1.91. The number of ether oxygens (including phenoxy) is 1. The number of methoxy groups -OCH3 is 1. The minimum atomic E-state index is -0.328. The fourth-order valence-corrected chi connectivity index (χ4v) is 2.07. The van der Waals surface area contributed by atoms with E-state index < -0.39 is 0 Å². The van der Waals surface area contributed by atoms with Crippen LogP contribution in [0.5, 0.6) is 5.75 Å². The van der Waals surface area contributed by atoms with Gasteiger partial charge in [0.05, 0.1) is 22.8 Å². The van der Waals surface area contributed by atoms with Crippen LogP contribution in [-0.2, 0) is 6.54 Å².